The predicted octanol–water partition coefficient (Wildman–Crippen LogP) is 1.80. The summed E-state index contributed by atoms with van der Waals surface area (Å²) in [6.07, 6.45) is 0.307. The van der Waals surface area contributed by atoms with Gasteiger partial charge in [0, 0.05) is 0 Å². The van der Waals surface area contributed by atoms with Gasteiger partial charge in [0.15, 0.2) is 0 Å². The molecule has 86 valence electrons. The minimum atomic E-state index is -0.789. The molecule has 0 saturated carbocycles. The van der Waals surface area contributed by atoms with Gasteiger partial charge in [-0.15, -0.1) is 0 Å². The molecule has 1 atom stereocenters. The van der Waals surface area contributed by atoms with Crippen LogP contribution in [0, 0.1) is 28.6 Å². The highest BCUT2D eigenvalue weighted by Gasteiger charge is 2.19. The Morgan fingerprint density at radius 3 is 2.47 bits per heavy atom. The summed E-state index contributed by atoms with van der Waals surface area (Å²) in [5, 5.41) is 17.5. The number of carbonyl (C=O) groups excluding carboxylic acids is 1. The van der Waals surface area contributed by atoms with E-state index in [0.29, 0.717) is 12.0 Å². The second kappa shape index (κ2) is 6.30. The van der Waals surface area contributed by atoms with Crippen LogP contribution in [-0.2, 0) is 16.0 Å². The van der Waals surface area contributed by atoms with Crippen LogP contribution in [0.2, 0.25) is 0 Å². The molecule has 0 N–H and O–H groups in total. The van der Waals surface area contributed by atoms with Crippen LogP contribution in [-0.4, -0.2) is 12.6 Å². The maximum atomic E-state index is 11.4. The fraction of sp³-hybridized carbons (Fsp3) is 0.308. The summed E-state index contributed by atoms with van der Waals surface area (Å²) in [7, 11) is 0. The highest BCUT2D eigenvalue weighted by molar-refractivity contribution is 5.75. The maximum absolute atomic E-state index is 11.4. The van der Waals surface area contributed by atoms with Crippen LogP contribution in [0.4, 0.5) is 0 Å². The zero-order valence-corrected chi connectivity index (χ0v) is 9.51. The molecule has 1 rings (SSSR count). The van der Waals surface area contributed by atoms with Crippen LogP contribution in [0.15, 0.2) is 24.3 Å². The Labute approximate surface area is 100 Å². The molecule has 0 spiro atoms. The van der Waals surface area contributed by atoms with Crippen LogP contribution in [0.5, 0.6) is 0 Å². The molecule has 0 bridgehead atoms. The van der Waals surface area contributed by atoms with Gasteiger partial charge in [-0.1, -0.05) is 12.1 Å². The zero-order chi connectivity index (χ0) is 12.7. The Kier molecular flexibility index (Phi) is 4.72. The number of ether oxygens (including phenoxy) is 1. The first-order valence-electron chi connectivity index (χ1n) is 5.26. The Bertz CT molecular complexity index is 466. The number of hydrogen-bond acceptors (Lipinski definition) is 4. The van der Waals surface area contributed by atoms with Gasteiger partial charge in [-0.2, -0.15) is 10.5 Å². The van der Waals surface area contributed by atoms with Gasteiger partial charge in [0.25, 0.3) is 0 Å². The molecular weight excluding hydrogens is 216 g/mol. The molecule has 0 saturated heterocycles. The molecule has 0 aliphatic heterocycles. The Morgan fingerprint density at radius 2 is 2.00 bits per heavy atom. The third kappa shape index (κ3) is 3.62. The normalized spacial score (nSPS) is 11.0. The third-order valence-corrected chi connectivity index (χ3v) is 2.25. The summed E-state index contributed by atoms with van der Waals surface area (Å²) < 4.78 is 4.80. The van der Waals surface area contributed by atoms with Crippen LogP contribution in [0.25, 0.3) is 0 Å². The summed E-state index contributed by atoms with van der Waals surface area (Å²) >= 11 is 0. The number of hydrogen-bond donors (Lipinski definition) is 0. The van der Waals surface area contributed by atoms with E-state index in [1.54, 1.807) is 31.2 Å². The molecule has 0 heterocycles. The number of carbonyl (C=O) groups is 1. The van der Waals surface area contributed by atoms with Crippen molar-refractivity contribution in [3.05, 3.63) is 35.4 Å². The van der Waals surface area contributed by atoms with Crippen molar-refractivity contribution >= 4 is 5.97 Å². The topological polar surface area (TPSA) is 73.9 Å². The highest BCUT2D eigenvalue weighted by Crippen LogP contribution is 2.11. The Balaban J connectivity index is 2.72. The first-order chi connectivity index (χ1) is 8.21. The number of rotatable bonds is 4. The van der Waals surface area contributed by atoms with E-state index in [2.05, 4.69) is 0 Å². The molecule has 1 unspecified atom stereocenters. The molecule has 0 aliphatic carbocycles. The van der Waals surface area contributed by atoms with Crippen LogP contribution in [0.3, 0.4) is 0 Å². The van der Waals surface area contributed by atoms with Crippen molar-refractivity contribution < 1.29 is 9.53 Å². The van der Waals surface area contributed by atoms with Crippen molar-refractivity contribution in [1.82, 2.24) is 0 Å². The SMILES string of the molecule is CCOC(=O)C(C#N)Cc1ccc(C#N)cc1. The molecule has 4 nitrogen and oxygen atoms in total. The minimum absolute atomic E-state index is 0.268. The lowest BCUT2D eigenvalue weighted by atomic mass is 10.00. The average Bonchev–Trinajstić information content (AvgIpc) is 2.37. The summed E-state index contributed by atoms with van der Waals surface area (Å²) in [5.74, 6) is -1.29. The number of benzene rings is 1. The summed E-state index contributed by atoms with van der Waals surface area (Å²) in [5.41, 5.74) is 1.39. The first kappa shape index (κ1) is 12.7. The number of nitrogens with zero attached hydrogens (tertiary/aromatic N) is 2. The average molecular weight is 228 g/mol. The molecule has 0 amide bonds. The smallest absolute Gasteiger partial charge is 0.323 e. The van der Waals surface area contributed by atoms with E-state index in [-0.39, 0.29) is 6.61 Å². The molecule has 4 heteroatoms. The molecule has 0 radical (unpaired) electrons. The number of nitriles is 2. The van der Waals surface area contributed by atoms with E-state index < -0.39 is 11.9 Å². The van der Waals surface area contributed by atoms with Gasteiger partial charge in [0.2, 0.25) is 0 Å². The molecule has 0 fully saturated rings. The van der Waals surface area contributed by atoms with E-state index in [9.17, 15) is 4.79 Å². The maximum Gasteiger partial charge on any atom is 0.323 e. The van der Waals surface area contributed by atoms with Crippen molar-refractivity contribution in [3.63, 3.8) is 0 Å². The molecule has 1 aromatic carbocycles. The van der Waals surface area contributed by atoms with Crippen LogP contribution < -0.4 is 0 Å². The van der Waals surface area contributed by atoms with Crippen molar-refractivity contribution in [2.24, 2.45) is 5.92 Å². The standard InChI is InChI=1S/C13H12N2O2/c1-2-17-13(16)12(9-15)7-10-3-5-11(8-14)6-4-10/h3-6,12H,2,7H2,1H3. The van der Waals surface area contributed by atoms with Gasteiger partial charge in [-0.3, -0.25) is 4.79 Å². The monoisotopic (exact) mass is 228 g/mol. The second-order valence-electron chi connectivity index (χ2n) is 3.45. The molecule has 17 heavy (non-hydrogen) atoms. The number of esters is 1. The Hall–Kier alpha value is -2.33. The van der Waals surface area contributed by atoms with Gasteiger partial charge in [0.1, 0.15) is 5.92 Å². The molecule has 1 aromatic rings. The quantitative estimate of drug-likeness (QED) is 0.736. The van der Waals surface area contributed by atoms with E-state index in [4.69, 9.17) is 15.3 Å². The third-order valence-electron chi connectivity index (χ3n) is 2.25. The summed E-state index contributed by atoms with van der Waals surface area (Å²) in [4.78, 5) is 11.4. The van der Waals surface area contributed by atoms with E-state index >= 15 is 0 Å². The molecular formula is C13H12N2O2. The van der Waals surface area contributed by atoms with E-state index in [1.807, 2.05) is 12.1 Å². The van der Waals surface area contributed by atoms with Crippen molar-refractivity contribution in [1.29, 1.82) is 10.5 Å². The lowest BCUT2D eigenvalue weighted by Crippen LogP contribution is -2.18. The fourth-order valence-electron chi connectivity index (χ4n) is 1.38. The van der Waals surface area contributed by atoms with Gasteiger partial charge in [0.05, 0.1) is 24.3 Å². The Morgan fingerprint density at radius 1 is 1.35 bits per heavy atom. The summed E-state index contributed by atoms with van der Waals surface area (Å²) in [6, 6.07) is 10.7. The van der Waals surface area contributed by atoms with Gasteiger partial charge in [-0.05, 0) is 31.0 Å². The van der Waals surface area contributed by atoms with Crippen molar-refractivity contribution in [2.45, 2.75) is 13.3 Å². The van der Waals surface area contributed by atoms with Gasteiger partial charge >= 0.3 is 5.97 Å². The molecule has 0 aliphatic rings. The lowest BCUT2D eigenvalue weighted by Gasteiger charge is -2.08. The zero-order valence-electron chi connectivity index (χ0n) is 9.51. The lowest BCUT2D eigenvalue weighted by molar-refractivity contribution is -0.145. The summed E-state index contributed by atoms with van der Waals surface area (Å²) in [6.45, 7) is 1.97. The largest absolute Gasteiger partial charge is 0.465 e. The van der Waals surface area contributed by atoms with Crippen LogP contribution in [0.1, 0.15) is 18.1 Å². The minimum Gasteiger partial charge on any atom is -0.465 e. The first-order valence-corrected chi connectivity index (χ1v) is 5.26. The predicted molar refractivity (Wildman–Crippen MR) is 60.6 cm³/mol. The fourth-order valence-corrected chi connectivity index (χ4v) is 1.38. The van der Waals surface area contributed by atoms with Crippen molar-refractivity contribution in [3.8, 4) is 12.1 Å². The van der Waals surface area contributed by atoms with Crippen molar-refractivity contribution in [2.75, 3.05) is 6.61 Å². The molecule has 0 aromatic heterocycles. The van der Waals surface area contributed by atoms with E-state index in [0.717, 1.165) is 5.56 Å². The van der Waals surface area contributed by atoms with Gasteiger partial charge in [-0.25, -0.2) is 0 Å². The van der Waals surface area contributed by atoms with Crippen LogP contribution >= 0.6 is 0 Å². The highest BCUT2D eigenvalue weighted by atomic mass is 16.5. The van der Waals surface area contributed by atoms with Gasteiger partial charge < -0.3 is 4.74 Å². The second-order valence-corrected chi connectivity index (χ2v) is 3.45. The van der Waals surface area contributed by atoms with E-state index in [1.165, 1.54) is 0 Å².